The van der Waals surface area contributed by atoms with Crippen molar-refractivity contribution < 1.29 is 27.5 Å². The lowest BCUT2D eigenvalue weighted by atomic mass is 10.2. The molecule has 0 aliphatic carbocycles. The van der Waals surface area contributed by atoms with Gasteiger partial charge in [-0.2, -0.15) is 4.31 Å². The maximum Gasteiger partial charge on any atom is 0.309 e. The van der Waals surface area contributed by atoms with Crippen molar-refractivity contribution >= 4 is 21.8 Å². The smallest absolute Gasteiger partial charge is 0.309 e. The summed E-state index contributed by atoms with van der Waals surface area (Å²) in [6.07, 6.45) is -0.360. The number of ether oxygens (including phenoxy) is 2. The number of carbonyl (C=O) groups excluding carboxylic acids is 2. The Bertz CT molecular complexity index is 1060. The zero-order valence-electron chi connectivity index (χ0n) is 18.0. The molecule has 0 bridgehead atoms. The fourth-order valence-electron chi connectivity index (χ4n) is 3.25. The number of methoxy groups -OCH3 is 1. The van der Waals surface area contributed by atoms with Gasteiger partial charge in [0.15, 0.2) is 0 Å². The van der Waals surface area contributed by atoms with Crippen molar-refractivity contribution in [3.8, 4) is 5.75 Å². The molecule has 0 aromatic heterocycles. The monoisotopic (exact) mass is 461 g/mol. The van der Waals surface area contributed by atoms with Crippen molar-refractivity contribution in [2.75, 3.05) is 26.8 Å². The summed E-state index contributed by atoms with van der Waals surface area (Å²) < 4.78 is 38.0. The van der Waals surface area contributed by atoms with Crippen LogP contribution in [-0.2, 0) is 30.9 Å². The van der Waals surface area contributed by atoms with Crippen molar-refractivity contribution in [2.45, 2.75) is 31.0 Å². The minimum Gasteiger partial charge on any atom is -0.497 e. The van der Waals surface area contributed by atoms with Crippen LogP contribution in [-0.4, -0.2) is 57.6 Å². The summed E-state index contributed by atoms with van der Waals surface area (Å²) in [4.78, 5) is 24.5. The van der Waals surface area contributed by atoms with Crippen LogP contribution in [0, 0.1) is 6.92 Å². The molecule has 1 heterocycles. The minimum absolute atomic E-state index is 0.142. The summed E-state index contributed by atoms with van der Waals surface area (Å²) in [6, 6.07) is 13.6. The molecule has 9 nitrogen and oxygen atoms in total. The second kappa shape index (κ2) is 10.6. The van der Waals surface area contributed by atoms with Gasteiger partial charge in [0, 0.05) is 13.1 Å². The zero-order valence-corrected chi connectivity index (χ0v) is 18.9. The SMILES string of the molecule is COc1cccc(CNC(=O)C(=O)NCC2OCCCN2S(=O)(=O)c2ccc(C)cc2)c1. The van der Waals surface area contributed by atoms with Gasteiger partial charge in [-0.1, -0.05) is 29.8 Å². The molecule has 32 heavy (non-hydrogen) atoms. The molecule has 2 aromatic rings. The van der Waals surface area contributed by atoms with E-state index in [0.717, 1.165) is 11.1 Å². The first-order valence-electron chi connectivity index (χ1n) is 10.2. The molecule has 2 aromatic carbocycles. The molecular formula is C22H27N3O6S. The molecule has 1 saturated heterocycles. The van der Waals surface area contributed by atoms with Gasteiger partial charge in [-0.3, -0.25) is 9.59 Å². The average molecular weight is 462 g/mol. The maximum atomic E-state index is 13.0. The van der Waals surface area contributed by atoms with Crippen LogP contribution in [0.2, 0.25) is 0 Å². The van der Waals surface area contributed by atoms with Crippen LogP contribution >= 0.6 is 0 Å². The largest absolute Gasteiger partial charge is 0.497 e. The third kappa shape index (κ3) is 5.84. The molecule has 10 heteroatoms. The number of hydrogen-bond donors (Lipinski definition) is 2. The van der Waals surface area contributed by atoms with E-state index in [4.69, 9.17) is 9.47 Å². The molecule has 1 unspecified atom stereocenters. The third-order valence-corrected chi connectivity index (χ3v) is 6.92. The van der Waals surface area contributed by atoms with Crippen LogP contribution in [0.5, 0.6) is 5.75 Å². The highest BCUT2D eigenvalue weighted by Gasteiger charge is 2.34. The molecule has 1 fully saturated rings. The zero-order chi connectivity index (χ0) is 23.1. The van der Waals surface area contributed by atoms with Crippen LogP contribution < -0.4 is 15.4 Å². The normalized spacial score (nSPS) is 16.9. The van der Waals surface area contributed by atoms with Crippen molar-refractivity contribution in [1.82, 2.24) is 14.9 Å². The van der Waals surface area contributed by atoms with E-state index in [9.17, 15) is 18.0 Å². The van der Waals surface area contributed by atoms with E-state index < -0.39 is 28.1 Å². The Kier molecular flexibility index (Phi) is 7.84. The Morgan fingerprint density at radius 3 is 2.56 bits per heavy atom. The van der Waals surface area contributed by atoms with Crippen LogP contribution in [0.4, 0.5) is 0 Å². The number of nitrogens with zero attached hydrogens (tertiary/aromatic N) is 1. The molecule has 0 spiro atoms. The summed E-state index contributed by atoms with van der Waals surface area (Å²) in [5.41, 5.74) is 1.72. The first kappa shape index (κ1) is 23.7. The van der Waals surface area contributed by atoms with E-state index in [0.29, 0.717) is 18.8 Å². The number of hydrogen-bond acceptors (Lipinski definition) is 6. The molecule has 1 atom stereocenters. The van der Waals surface area contributed by atoms with E-state index in [2.05, 4.69) is 10.6 Å². The van der Waals surface area contributed by atoms with Crippen molar-refractivity contribution in [1.29, 1.82) is 0 Å². The number of benzene rings is 2. The topological polar surface area (TPSA) is 114 Å². The molecule has 172 valence electrons. The third-order valence-electron chi connectivity index (χ3n) is 5.01. The summed E-state index contributed by atoms with van der Waals surface area (Å²) in [5, 5.41) is 5.00. The van der Waals surface area contributed by atoms with Gasteiger partial charge in [-0.15, -0.1) is 0 Å². The van der Waals surface area contributed by atoms with E-state index in [1.165, 1.54) is 4.31 Å². The number of aryl methyl sites for hydroxylation is 1. The Morgan fingerprint density at radius 2 is 1.84 bits per heavy atom. The van der Waals surface area contributed by atoms with Gasteiger partial charge in [-0.05, 0) is 43.2 Å². The van der Waals surface area contributed by atoms with E-state index in [-0.39, 0.29) is 24.5 Å². The summed E-state index contributed by atoms with van der Waals surface area (Å²) in [6.45, 7) is 2.51. The lowest BCUT2D eigenvalue weighted by Crippen LogP contribution is -2.53. The summed E-state index contributed by atoms with van der Waals surface area (Å²) in [5.74, 6) is -1.04. The first-order chi connectivity index (χ1) is 15.3. The van der Waals surface area contributed by atoms with Gasteiger partial charge < -0.3 is 20.1 Å². The van der Waals surface area contributed by atoms with Crippen LogP contribution in [0.1, 0.15) is 17.5 Å². The predicted octanol–water partition coefficient (Wildman–Crippen LogP) is 1.17. The highest BCUT2D eigenvalue weighted by Crippen LogP contribution is 2.22. The maximum absolute atomic E-state index is 13.0. The molecule has 3 rings (SSSR count). The highest BCUT2D eigenvalue weighted by atomic mass is 32.2. The van der Waals surface area contributed by atoms with Gasteiger partial charge in [0.05, 0.1) is 25.2 Å². The standard InChI is InChI=1S/C22H27N3O6S/c1-16-7-9-19(10-8-16)32(28,29)25-11-4-12-31-20(25)15-24-22(27)21(26)23-14-17-5-3-6-18(13-17)30-2/h3,5-10,13,20H,4,11-12,14-15H2,1-2H3,(H,23,26)(H,24,27). The van der Waals surface area contributed by atoms with Gasteiger partial charge in [0.1, 0.15) is 12.0 Å². The molecule has 0 radical (unpaired) electrons. The van der Waals surface area contributed by atoms with Crippen molar-refractivity contribution in [3.05, 3.63) is 59.7 Å². The lowest BCUT2D eigenvalue weighted by molar-refractivity contribution is -0.140. The number of rotatable bonds is 7. The average Bonchev–Trinajstić information content (AvgIpc) is 2.81. The Balaban J connectivity index is 1.58. The number of carbonyl (C=O) groups is 2. The minimum atomic E-state index is -3.80. The van der Waals surface area contributed by atoms with Crippen LogP contribution in [0.3, 0.4) is 0 Å². The number of sulfonamides is 1. The van der Waals surface area contributed by atoms with Crippen LogP contribution in [0.25, 0.3) is 0 Å². The number of nitrogens with one attached hydrogen (secondary N) is 2. The van der Waals surface area contributed by atoms with Crippen molar-refractivity contribution in [2.24, 2.45) is 0 Å². The second-order valence-electron chi connectivity index (χ2n) is 7.35. The van der Waals surface area contributed by atoms with Gasteiger partial charge in [0.25, 0.3) is 0 Å². The van der Waals surface area contributed by atoms with E-state index >= 15 is 0 Å². The fourth-order valence-corrected chi connectivity index (χ4v) is 4.82. The summed E-state index contributed by atoms with van der Waals surface area (Å²) in [7, 11) is -2.26. The quantitative estimate of drug-likeness (QED) is 0.599. The molecule has 1 aliphatic heterocycles. The molecule has 2 N–H and O–H groups in total. The number of amides is 2. The molecular weight excluding hydrogens is 434 g/mol. The molecule has 1 aliphatic rings. The van der Waals surface area contributed by atoms with E-state index in [1.807, 2.05) is 6.92 Å². The second-order valence-corrected chi connectivity index (χ2v) is 9.24. The van der Waals surface area contributed by atoms with Gasteiger partial charge >= 0.3 is 11.8 Å². The highest BCUT2D eigenvalue weighted by molar-refractivity contribution is 7.89. The molecule has 2 amide bonds. The summed E-state index contributed by atoms with van der Waals surface area (Å²) >= 11 is 0. The predicted molar refractivity (Wildman–Crippen MR) is 117 cm³/mol. The van der Waals surface area contributed by atoms with Gasteiger partial charge in [0.2, 0.25) is 10.0 Å². The first-order valence-corrected chi connectivity index (χ1v) is 11.6. The Labute approximate surface area is 187 Å². The Morgan fingerprint density at radius 1 is 1.12 bits per heavy atom. The van der Waals surface area contributed by atoms with Gasteiger partial charge in [-0.25, -0.2) is 8.42 Å². The van der Waals surface area contributed by atoms with Crippen molar-refractivity contribution in [3.63, 3.8) is 0 Å². The molecule has 0 saturated carbocycles. The van der Waals surface area contributed by atoms with E-state index in [1.54, 1.807) is 55.6 Å². The fraction of sp³-hybridized carbons (Fsp3) is 0.364. The van der Waals surface area contributed by atoms with Crippen LogP contribution in [0.15, 0.2) is 53.4 Å². The lowest BCUT2D eigenvalue weighted by Gasteiger charge is -2.34. The Hall–Kier alpha value is -2.95.